The van der Waals surface area contributed by atoms with E-state index in [1.165, 1.54) is 0 Å². The van der Waals surface area contributed by atoms with Gasteiger partial charge in [0.05, 0.1) is 24.2 Å². The molecule has 96 valence electrons. The summed E-state index contributed by atoms with van der Waals surface area (Å²) in [5.74, 6) is 0.557. The van der Waals surface area contributed by atoms with Gasteiger partial charge in [-0.2, -0.15) is 0 Å². The number of carbonyl (C=O) groups is 1. The number of rotatable bonds is 3. The molecule has 0 radical (unpaired) electrons. The maximum absolute atomic E-state index is 12.4. The van der Waals surface area contributed by atoms with Crippen molar-refractivity contribution in [2.45, 2.75) is 39.4 Å². The SMILES string of the molecule is COCC1=C[C@@H]2O[C@@]1(C)[C@H](C)C(=O)[C@H]2C(C)C. The molecule has 2 bridgehead atoms. The summed E-state index contributed by atoms with van der Waals surface area (Å²) in [5, 5.41) is 0. The molecule has 0 aliphatic carbocycles. The Bertz CT molecular complexity index is 358. The first-order chi connectivity index (χ1) is 7.91. The number of hydrogen-bond donors (Lipinski definition) is 0. The van der Waals surface area contributed by atoms with E-state index in [1.54, 1.807) is 7.11 Å². The molecule has 17 heavy (non-hydrogen) atoms. The Morgan fingerprint density at radius 3 is 2.71 bits per heavy atom. The van der Waals surface area contributed by atoms with E-state index in [0.717, 1.165) is 5.57 Å². The van der Waals surface area contributed by atoms with Crippen LogP contribution >= 0.6 is 0 Å². The molecule has 2 aliphatic rings. The minimum atomic E-state index is -0.455. The maximum Gasteiger partial charge on any atom is 0.145 e. The Balaban J connectivity index is 2.36. The van der Waals surface area contributed by atoms with E-state index in [-0.39, 0.29) is 17.9 Å². The van der Waals surface area contributed by atoms with Gasteiger partial charge in [-0.1, -0.05) is 26.8 Å². The molecule has 2 heterocycles. The van der Waals surface area contributed by atoms with Crippen LogP contribution in [-0.2, 0) is 14.3 Å². The molecule has 3 heteroatoms. The average Bonchev–Trinajstić information content (AvgIpc) is 2.52. The summed E-state index contributed by atoms with van der Waals surface area (Å²) in [6, 6.07) is 0. The minimum absolute atomic E-state index is 0.00701. The lowest BCUT2D eigenvalue weighted by Crippen LogP contribution is -2.52. The van der Waals surface area contributed by atoms with Gasteiger partial charge in [0.1, 0.15) is 5.78 Å². The van der Waals surface area contributed by atoms with Crippen molar-refractivity contribution in [3.63, 3.8) is 0 Å². The molecule has 4 atom stereocenters. The van der Waals surface area contributed by atoms with E-state index in [4.69, 9.17) is 9.47 Å². The van der Waals surface area contributed by atoms with E-state index >= 15 is 0 Å². The number of hydrogen-bond acceptors (Lipinski definition) is 3. The summed E-state index contributed by atoms with van der Waals surface area (Å²) in [6.07, 6.45) is 2.05. The summed E-state index contributed by atoms with van der Waals surface area (Å²) in [4.78, 5) is 12.4. The summed E-state index contributed by atoms with van der Waals surface area (Å²) >= 11 is 0. The van der Waals surface area contributed by atoms with Gasteiger partial charge in [0, 0.05) is 13.0 Å². The third-order valence-electron chi connectivity index (χ3n) is 4.34. The lowest BCUT2D eigenvalue weighted by atomic mass is 9.74. The van der Waals surface area contributed by atoms with E-state index in [9.17, 15) is 4.79 Å². The molecule has 0 aromatic rings. The molecule has 2 rings (SSSR count). The van der Waals surface area contributed by atoms with E-state index in [1.807, 2.05) is 13.8 Å². The highest BCUT2D eigenvalue weighted by Gasteiger charge is 2.55. The van der Waals surface area contributed by atoms with Crippen molar-refractivity contribution in [2.75, 3.05) is 13.7 Å². The zero-order chi connectivity index (χ0) is 12.8. The number of fused-ring (bicyclic) bond motifs is 2. The molecule has 0 spiro atoms. The summed E-state index contributed by atoms with van der Waals surface area (Å²) < 4.78 is 11.3. The predicted octanol–water partition coefficient (Wildman–Crippen LogP) is 2.21. The van der Waals surface area contributed by atoms with Crippen LogP contribution < -0.4 is 0 Å². The lowest BCUT2D eigenvalue weighted by molar-refractivity contribution is -0.162. The minimum Gasteiger partial charge on any atom is -0.380 e. The van der Waals surface area contributed by atoms with Crippen LogP contribution in [0.25, 0.3) is 0 Å². The molecule has 0 aromatic heterocycles. The van der Waals surface area contributed by atoms with Crippen molar-refractivity contribution in [3.8, 4) is 0 Å². The predicted molar refractivity (Wildman–Crippen MR) is 65.7 cm³/mol. The molecular weight excluding hydrogens is 216 g/mol. The lowest BCUT2D eigenvalue weighted by Gasteiger charge is -2.42. The van der Waals surface area contributed by atoms with Crippen LogP contribution in [0.5, 0.6) is 0 Å². The topological polar surface area (TPSA) is 35.5 Å². The summed E-state index contributed by atoms with van der Waals surface area (Å²) in [5.41, 5.74) is 0.664. The summed E-state index contributed by atoms with van der Waals surface area (Å²) in [7, 11) is 1.68. The van der Waals surface area contributed by atoms with Crippen molar-refractivity contribution in [2.24, 2.45) is 17.8 Å². The van der Waals surface area contributed by atoms with Gasteiger partial charge in [0.2, 0.25) is 0 Å². The Morgan fingerprint density at radius 1 is 1.53 bits per heavy atom. The number of methoxy groups -OCH3 is 1. The van der Waals surface area contributed by atoms with E-state index in [2.05, 4.69) is 19.9 Å². The molecule has 0 amide bonds. The first-order valence-corrected chi connectivity index (χ1v) is 6.33. The van der Waals surface area contributed by atoms with Gasteiger partial charge in [-0.05, 0) is 18.4 Å². The fraction of sp³-hybridized carbons (Fsp3) is 0.786. The number of Topliss-reactive ketones (excluding diaryl/α,β-unsaturated/α-hetero) is 1. The normalized spacial score (nSPS) is 40.9. The van der Waals surface area contributed by atoms with Gasteiger partial charge in [-0.15, -0.1) is 0 Å². The highest BCUT2D eigenvalue weighted by molar-refractivity contribution is 5.87. The van der Waals surface area contributed by atoms with Crippen molar-refractivity contribution < 1.29 is 14.3 Å². The molecule has 0 N–H and O–H groups in total. The van der Waals surface area contributed by atoms with Gasteiger partial charge in [-0.25, -0.2) is 0 Å². The smallest absolute Gasteiger partial charge is 0.145 e. The quantitative estimate of drug-likeness (QED) is 0.707. The first kappa shape index (κ1) is 12.8. The number of ether oxygens (including phenoxy) is 2. The van der Waals surface area contributed by atoms with E-state index in [0.29, 0.717) is 18.3 Å². The zero-order valence-electron chi connectivity index (χ0n) is 11.3. The van der Waals surface area contributed by atoms with Gasteiger partial charge < -0.3 is 9.47 Å². The molecular formula is C14H22O3. The number of ketones is 1. The molecule has 0 saturated carbocycles. The highest BCUT2D eigenvalue weighted by Crippen LogP contribution is 2.47. The first-order valence-electron chi connectivity index (χ1n) is 6.33. The second kappa shape index (κ2) is 4.21. The highest BCUT2D eigenvalue weighted by atomic mass is 16.5. The van der Waals surface area contributed by atoms with Crippen molar-refractivity contribution in [1.29, 1.82) is 0 Å². The molecule has 3 nitrogen and oxygen atoms in total. The van der Waals surface area contributed by atoms with Crippen LogP contribution in [0.4, 0.5) is 0 Å². The summed E-state index contributed by atoms with van der Waals surface area (Å²) in [6.45, 7) is 8.71. The Morgan fingerprint density at radius 2 is 2.18 bits per heavy atom. The van der Waals surface area contributed by atoms with Crippen LogP contribution in [-0.4, -0.2) is 31.2 Å². The third-order valence-corrected chi connectivity index (χ3v) is 4.34. The van der Waals surface area contributed by atoms with Gasteiger partial charge in [0.15, 0.2) is 0 Å². The Kier molecular flexibility index (Phi) is 3.17. The van der Waals surface area contributed by atoms with Crippen molar-refractivity contribution >= 4 is 5.78 Å². The van der Waals surface area contributed by atoms with Crippen molar-refractivity contribution in [3.05, 3.63) is 11.6 Å². The van der Waals surface area contributed by atoms with Crippen LogP contribution in [0, 0.1) is 17.8 Å². The van der Waals surface area contributed by atoms with Crippen LogP contribution in [0.2, 0.25) is 0 Å². The van der Waals surface area contributed by atoms with Gasteiger partial charge in [-0.3, -0.25) is 4.79 Å². The largest absolute Gasteiger partial charge is 0.380 e. The van der Waals surface area contributed by atoms with Gasteiger partial charge in [0.25, 0.3) is 0 Å². The van der Waals surface area contributed by atoms with E-state index < -0.39 is 5.60 Å². The third kappa shape index (κ3) is 1.76. The zero-order valence-corrected chi connectivity index (χ0v) is 11.3. The maximum atomic E-state index is 12.4. The molecule has 1 saturated heterocycles. The molecule has 0 unspecified atom stereocenters. The van der Waals surface area contributed by atoms with Crippen LogP contribution in [0.15, 0.2) is 11.6 Å². The Hall–Kier alpha value is -0.670. The number of carbonyl (C=O) groups excluding carboxylic acids is 1. The van der Waals surface area contributed by atoms with Crippen LogP contribution in [0.3, 0.4) is 0 Å². The molecule has 0 aromatic carbocycles. The molecule has 2 aliphatic heterocycles. The fourth-order valence-corrected chi connectivity index (χ4v) is 3.09. The van der Waals surface area contributed by atoms with Crippen molar-refractivity contribution in [1.82, 2.24) is 0 Å². The monoisotopic (exact) mass is 238 g/mol. The average molecular weight is 238 g/mol. The second-order valence-electron chi connectivity index (χ2n) is 5.71. The van der Waals surface area contributed by atoms with Gasteiger partial charge >= 0.3 is 0 Å². The second-order valence-corrected chi connectivity index (χ2v) is 5.71. The molecule has 1 fully saturated rings. The Labute approximate surface area is 103 Å². The van der Waals surface area contributed by atoms with Crippen LogP contribution in [0.1, 0.15) is 27.7 Å². The fourth-order valence-electron chi connectivity index (χ4n) is 3.09. The standard InChI is InChI=1S/C14H22O3/c1-8(2)12-11-6-10(7-16-5)14(4,17-11)9(3)13(12)15/h6,8-9,11-12H,7H2,1-5H3/t9-,11+,12+,14+/m1/s1.